The first kappa shape index (κ1) is 21.2. The Bertz CT molecular complexity index is 350. The van der Waals surface area contributed by atoms with E-state index in [1.165, 1.54) is 0 Å². The van der Waals surface area contributed by atoms with Crippen molar-refractivity contribution in [3.05, 3.63) is 0 Å². The highest BCUT2D eigenvalue weighted by Crippen LogP contribution is 2.21. The lowest BCUT2D eigenvalue weighted by atomic mass is 9.89. The Morgan fingerprint density at radius 2 is 2.12 bits per heavy atom. The fraction of sp³-hybridized carbons (Fsp3) is 0.944. The molecule has 1 heterocycles. The van der Waals surface area contributed by atoms with Gasteiger partial charge in [0.1, 0.15) is 0 Å². The SMILES string of the molecule is CCNC(=NCC(OC)C(C)(C)C)NCCCOCC1CCOC1. The van der Waals surface area contributed by atoms with Gasteiger partial charge in [-0.2, -0.15) is 0 Å². The standard InChI is InChI=1S/C18H37N3O3/c1-6-19-17(21-12-16(22-5)18(2,3)4)20-9-7-10-23-13-15-8-11-24-14-15/h15-16H,6-14H2,1-5H3,(H2,19,20,21). The van der Waals surface area contributed by atoms with Gasteiger partial charge in [-0.1, -0.05) is 20.8 Å². The topological polar surface area (TPSA) is 64.1 Å². The van der Waals surface area contributed by atoms with Crippen LogP contribution in [-0.4, -0.2) is 65.2 Å². The maximum Gasteiger partial charge on any atom is 0.191 e. The minimum atomic E-state index is 0.0768. The van der Waals surface area contributed by atoms with Crippen LogP contribution < -0.4 is 10.6 Å². The van der Waals surface area contributed by atoms with Crippen molar-refractivity contribution >= 4 is 5.96 Å². The molecule has 1 aliphatic rings. The van der Waals surface area contributed by atoms with Gasteiger partial charge in [-0.3, -0.25) is 4.99 Å². The zero-order valence-corrected chi connectivity index (χ0v) is 16.2. The number of hydrogen-bond acceptors (Lipinski definition) is 4. The van der Waals surface area contributed by atoms with Gasteiger partial charge >= 0.3 is 0 Å². The van der Waals surface area contributed by atoms with E-state index >= 15 is 0 Å². The van der Waals surface area contributed by atoms with Gasteiger partial charge in [0.25, 0.3) is 0 Å². The largest absolute Gasteiger partial charge is 0.381 e. The van der Waals surface area contributed by atoms with E-state index in [4.69, 9.17) is 14.2 Å². The molecule has 0 saturated carbocycles. The summed E-state index contributed by atoms with van der Waals surface area (Å²) in [5.74, 6) is 1.42. The smallest absolute Gasteiger partial charge is 0.191 e. The third-order valence-corrected chi connectivity index (χ3v) is 4.15. The molecule has 0 bridgehead atoms. The summed E-state index contributed by atoms with van der Waals surface area (Å²) in [6.45, 7) is 14.2. The third kappa shape index (κ3) is 8.85. The Labute approximate surface area is 147 Å². The molecule has 2 atom stereocenters. The number of guanidine groups is 1. The maximum absolute atomic E-state index is 5.72. The van der Waals surface area contributed by atoms with E-state index in [1.807, 2.05) is 0 Å². The number of nitrogens with zero attached hydrogens (tertiary/aromatic N) is 1. The third-order valence-electron chi connectivity index (χ3n) is 4.15. The van der Waals surface area contributed by atoms with Crippen LogP contribution in [0.1, 0.15) is 40.5 Å². The molecule has 142 valence electrons. The average Bonchev–Trinajstić information content (AvgIpc) is 3.03. The molecule has 2 N–H and O–H groups in total. The second-order valence-corrected chi connectivity index (χ2v) is 7.39. The fourth-order valence-electron chi connectivity index (χ4n) is 2.56. The lowest BCUT2D eigenvalue weighted by Crippen LogP contribution is -2.40. The van der Waals surface area contributed by atoms with E-state index in [-0.39, 0.29) is 11.5 Å². The molecule has 0 aromatic heterocycles. The summed E-state index contributed by atoms with van der Waals surface area (Å²) in [5.41, 5.74) is 0.0768. The van der Waals surface area contributed by atoms with Crippen molar-refractivity contribution in [2.24, 2.45) is 16.3 Å². The number of aliphatic imine (C=N–C) groups is 1. The van der Waals surface area contributed by atoms with Crippen LogP contribution in [0.25, 0.3) is 0 Å². The van der Waals surface area contributed by atoms with Crippen LogP contribution in [0.2, 0.25) is 0 Å². The van der Waals surface area contributed by atoms with Gasteiger partial charge in [0, 0.05) is 39.3 Å². The lowest BCUT2D eigenvalue weighted by Gasteiger charge is -2.28. The molecule has 1 rings (SSSR count). The first-order valence-electron chi connectivity index (χ1n) is 9.17. The van der Waals surface area contributed by atoms with Crippen LogP contribution in [0.15, 0.2) is 4.99 Å². The van der Waals surface area contributed by atoms with Crippen LogP contribution in [-0.2, 0) is 14.2 Å². The highest BCUT2D eigenvalue weighted by atomic mass is 16.5. The van der Waals surface area contributed by atoms with Crippen LogP contribution in [0.3, 0.4) is 0 Å². The molecule has 2 unspecified atom stereocenters. The highest BCUT2D eigenvalue weighted by Gasteiger charge is 2.24. The van der Waals surface area contributed by atoms with Gasteiger partial charge in [-0.25, -0.2) is 0 Å². The van der Waals surface area contributed by atoms with Gasteiger partial charge in [0.05, 0.1) is 25.9 Å². The van der Waals surface area contributed by atoms with Crippen molar-refractivity contribution in [2.45, 2.75) is 46.6 Å². The van der Waals surface area contributed by atoms with Crippen molar-refractivity contribution in [3.63, 3.8) is 0 Å². The zero-order chi connectivity index (χ0) is 17.8. The quantitative estimate of drug-likeness (QED) is 0.361. The molecule has 0 aromatic carbocycles. The van der Waals surface area contributed by atoms with Gasteiger partial charge in [0.2, 0.25) is 0 Å². The predicted octanol–water partition coefficient (Wildman–Crippen LogP) is 2.05. The molecular formula is C18H37N3O3. The summed E-state index contributed by atoms with van der Waals surface area (Å²) in [4.78, 5) is 4.64. The number of nitrogens with one attached hydrogen (secondary N) is 2. The Balaban J connectivity index is 2.22. The predicted molar refractivity (Wildman–Crippen MR) is 98.6 cm³/mol. The van der Waals surface area contributed by atoms with Gasteiger partial charge in [-0.05, 0) is 25.2 Å². The van der Waals surface area contributed by atoms with E-state index in [9.17, 15) is 0 Å². The number of hydrogen-bond donors (Lipinski definition) is 2. The van der Waals surface area contributed by atoms with E-state index < -0.39 is 0 Å². The second kappa shape index (κ2) is 11.7. The molecular weight excluding hydrogens is 306 g/mol. The minimum Gasteiger partial charge on any atom is -0.381 e. The normalized spacial score (nSPS) is 20.2. The van der Waals surface area contributed by atoms with E-state index in [0.29, 0.717) is 12.5 Å². The molecule has 24 heavy (non-hydrogen) atoms. The van der Waals surface area contributed by atoms with Crippen molar-refractivity contribution in [1.82, 2.24) is 10.6 Å². The molecule has 6 nitrogen and oxygen atoms in total. The molecule has 0 spiro atoms. The Kier molecular flexibility index (Phi) is 10.3. The number of rotatable bonds is 10. The monoisotopic (exact) mass is 343 g/mol. The summed E-state index contributed by atoms with van der Waals surface area (Å²) in [6.07, 6.45) is 2.19. The molecule has 0 amide bonds. The van der Waals surface area contributed by atoms with Crippen LogP contribution in [0, 0.1) is 11.3 Å². The number of ether oxygens (including phenoxy) is 3. The molecule has 0 aromatic rings. The second-order valence-electron chi connectivity index (χ2n) is 7.39. The molecule has 0 radical (unpaired) electrons. The fourth-order valence-corrected chi connectivity index (χ4v) is 2.56. The average molecular weight is 344 g/mol. The first-order chi connectivity index (χ1) is 11.5. The van der Waals surface area contributed by atoms with Gasteiger partial charge < -0.3 is 24.8 Å². The molecule has 1 aliphatic heterocycles. The molecule has 1 fully saturated rings. The summed E-state index contributed by atoms with van der Waals surface area (Å²) < 4.78 is 16.6. The van der Waals surface area contributed by atoms with Crippen molar-refractivity contribution in [1.29, 1.82) is 0 Å². The van der Waals surface area contributed by atoms with E-state index in [1.54, 1.807) is 7.11 Å². The first-order valence-corrected chi connectivity index (χ1v) is 9.17. The zero-order valence-electron chi connectivity index (χ0n) is 16.2. The molecule has 1 saturated heterocycles. The lowest BCUT2D eigenvalue weighted by molar-refractivity contribution is 0.0241. The van der Waals surface area contributed by atoms with Crippen molar-refractivity contribution in [2.75, 3.05) is 53.2 Å². The van der Waals surface area contributed by atoms with Gasteiger partial charge in [0.15, 0.2) is 5.96 Å². The summed E-state index contributed by atoms with van der Waals surface area (Å²) in [5, 5.41) is 6.63. The molecule has 0 aliphatic carbocycles. The Hall–Kier alpha value is -0.850. The summed E-state index contributed by atoms with van der Waals surface area (Å²) >= 11 is 0. The number of methoxy groups -OCH3 is 1. The Morgan fingerprint density at radius 3 is 2.71 bits per heavy atom. The van der Waals surface area contributed by atoms with E-state index in [2.05, 4.69) is 43.3 Å². The summed E-state index contributed by atoms with van der Waals surface area (Å²) in [6, 6.07) is 0. The van der Waals surface area contributed by atoms with Crippen LogP contribution >= 0.6 is 0 Å². The van der Waals surface area contributed by atoms with Crippen LogP contribution in [0.4, 0.5) is 0 Å². The van der Waals surface area contributed by atoms with Crippen molar-refractivity contribution in [3.8, 4) is 0 Å². The summed E-state index contributed by atoms with van der Waals surface area (Å²) in [7, 11) is 1.75. The highest BCUT2D eigenvalue weighted by molar-refractivity contribution is 5.79. The van der Waals surface area contributed by atoms with Crippen molar-refractivity contribution < 1.29 is 14.2 Å². The van der Waals surface area contributed by atoms with E-state index in [0.717, 1.165) is 58.3 Å². The maximum atomic E-state index is 5.72. The van der Waals surface area contributed by atoms with Crippen LogP contribution in [0.5, 0.6) is 0 Å². The molecule has 6 heteroatoms. The van der Waals surface area contributed by atoms with Gasteiger partial charge in [-0.15, -0.1) is 0 Å². The Morgan fingerprint density at radius 1 is 1.33 bits per heavy atom. The minimum absolute atomic E-state index is 0.0768.